The Morgan fingerprint density at radius 3 is 1.62 bits per heavy atom. The summed E-state index contributed by atoms with van der Waals surface area (Å²) < 4.78 is 163. The van der Waals surface area contributed by atoms with E-state index in [0.29, 0.717) is 30.3 Å². The first-order chi connectivity index (χ1) is 16.7. The molecule has 1 heterocycles. The molecular weight excluding hydrogens is 552 g/mol. The third-order valence-electron chi connectivity index (χ3n) is 3.45. The number of nitrogens with zero attached hydrogens (tertiary/aromatic N) is 3. The van der Waals surface area contributed by atoms with Gasteiger partial charge in [-0.25, -0.2) is 9.69 Å². The van der Waals surface area contributed by atoms with Gasteiger partial charge >= 0.3 is 31.0 Å². The second-order valence-corrected chi connectivity index (χ2v) is 6.45. The molecule has 0 bridgehead atoms. The number of carbonyl (C=O) groups excluding carboxylic acids is 1. The number of ether oxygens (including phenoxy) is 3. The predicted octanol–water partition coefficient (Wildman–Crippen LogP) is 5.82. The second-order valence-electron chi connectivity index (χ2n) is 6.45. The van der Waals surface area contributed by atoms with E-state index in [9.17, 15) is 57.5 Å². The first-order valence-corrected chi connectivity index (χ1v) is 9.04. The minimum absolute atomic E-state index is 0.341. The summed E-state index contributed by atoms with van der Waals surface area (Å²) in [6.07, 6.45) is -20.6. The van der Waals surface area contributed by atoms with E-state index in [1.54, 1.807) is 0 Å². The molecule has 0 radical (unpaired) electrons. The van der Waals surface area contributed by atoms with Crippen LogP contribution >= 0.6 is 0 Å². The Kier molecular flexibility index (Phi) is 8.43. The van der Waals surface area contributed by atoms with Gasteiger partial charge in [-0.1, -0.05) is 0 Å². The van der Waals surface area contributed by atoms with Gasteiger partial charge in [0.05, 0.1) is 11.8 Å². The van der Waals surface area contributed by atoms with Crippen LogP contribution in [0.1, 0.15) is 0 Å². The lowest BCUT2D eigenvalue weighted by Crippen LogP contribution is -2.45. The number of benzene rings is 1. The summed E-state index contributed by atoms with van der Waals surface area (Å²) in [6.45, 7) is -4.06. The van der Waals surface area contributed by atoms with Crippen molar-refractivity contribution in [3.8, 4) is 17.5 Å². The van der Waals surface area contributed by atoms with Crippen molar-refractivity contribution in [2.45, 2.75) is 25.0 Å². The van der Waals surface area contributed by atoms with Crippen LogP contribution in [0.3, 0.4) is 0 Å². The van der Waals surface area contributed by atoms with Crippen molar-refractivity contribution < 1.29 is 71.7 Å². The van der Waals surface area contributed by atoms with Gasteiger partial charge < -0.3 is 14.2 Å². The number of hydrogen-bond donors (Lipinski definition) is 1. The number of aromatic nitrogens is 2. The number of amides is 2. The van der Waals surface area contributed by atoms with Crippen LogP contribution in [0.15, 0.2) is 30.3 Å². The molecule has 0 aliphatic carbocycles. The molecule has 0 aliphatic rings. The minimum atomic E-state index is -5.55. The van der Waals surface area contributed by atoms with Crippen molar-refractivity contribution in [1.29, 1.82) is 0 Å². The van der Waals surface area contributed by atoms with Gasteiger partial charge in [0.25, 0.3) is 0 Å². The number of nitrogens with one attached hydrogen (secondary N) is 1. The fourth-order valence-electron chi connectivity index (χ4n) is 2.25. The van der Waals surface area contributed by atoms with Gasteiger partial charge in [-0.2, -0.15) is 36.3 Å². The smallest absolute Gasteiger partial charge is 0.468 e. The number of urea groups is 1. The molecule has 0 atom stereocenters. The molecule has 0 aliphatic heterocycles. The molecule has 0 unspecified atom stereocenters. The molecule has 1 N–H and O–H groups in total. The summed E-state index contributed by atoms with van der Waals surface area (Å²) in [5.41, 5.74) is -1.07. The van der Waals surface area contributed by atoms with E-state index < -0.39 is 78.3 Å². The highest BCUT2D eigenvalue weighted by atomic mass is 19.4. The first kappa shape index (κ1) is 29.4. The number of carbonyl (C=O) groups is 1. The maximum atomic E-state index is 13.5. The maximum absolute atomic E-state index is 13.5. The molecule has 206 valence electrons. The molecular formula is C17H10F12N4O4. The van der Waals surface area contributed by atoms with Gasteiger partial charge in [0.1, 0.15) is 5.75 Å². The maximum Gasteiger partial charge on any atom is 0.573 e. The average Bonchev–Trinajstić information content (AvgIpc) is 2.69. The molecule has 1 aromatic heterocycles. The van der Waals surface area contributed by atoms with Crippen LogP contribution in [0.2, 0.25) is 0 Å². The number of rotatable bonds is 7. The highest BCUT2D eigenvalue weighted by Gasteiger charge is 2.43. The zero-order chi connectivity index (χ0) is 28.2. The molecule has 20 heteroatoms. The summed E-state index contributed by atoms with van der Waals surface area (Å²) >= 11 is 0. The SMILES string of the molecule is O=C(Nc1nc(OCC(F)(F)F)cc(OCC(F)(F)F)n1)N(c1ccc(OC(F)(F)F)cc1)C(F)(F)F. The molecule has 2 aromatic rings. The summed E-state index contributed by atoms with van der Waals surface area (Å²) in [5, 5.41) is 1.39. The summed E-state index contributed by atoms with van der Waals surface area (Å²) in [5.74, 6) is -4.48. The van der Waals surface area contributed by atoms with Crippen LogP contribution in [0.25, 0.3) is 0 Å². The predicted molar refractivity (Wildman–Crippen MR) is 95.8 cm³/mol. The van der Waals surface area contributed by atoms with Crippen LogP contribution in [-0.4, -0.2) is 54.2 Å². The molecule has 0 spiro atoms. The van der Waals surface area contributed by atoms with E-state index in [0.717, 1.165) is 0 Å². The molecule has 8 nitrogen and oxygen atoms in total. The van der Waals surface area contributed by atoms with Gasteiger partial charge in [0, 0.05) is 0 Å². The quantitative estimate of drug-likeness (QED) is 0.339. The van der Waals surface area contributed by atoms with Gasteiger partial charge in [-0.05, 0) is 24.3 Å². The topological polar surface area (TPSA) is 85.8 Å². The van der Waals surface area contributed by atoms with Gasteiger partial charge in [0.2, 0.25) is 17.7 Å². The Labute approximate surface area is 196 Å². The lowest BCUT2D eigenvalue weighted by atomic mass is 10.3. The van der Waals surface area contributed by atoms with Crippen LogP contribution in [0.4, 0.5) is 69.1 Å². The number of alkyl halides is 12. The van der Waals surface area contributed by atoms with Crippen molar-refractivity contribution in [2.75, 3.05) is 23.4 Å². The standard InChI is InChI=1S/C17H10F12N4O4/c18-14(19,20)6-35-10-5-11(36-7-15(21,22)23)31-12(30-10)32-13(34)33(16(24,25)26)8-1-3-9(4-2-8)37-17(27,28)29/h1-5H,6-7H2,(H,30,31,32,34). The fourth-order valence-corrected chi connectivity index (χ4v) is 2.25. The third-order valence-corrected chi connectivity index (χ3v) is 3.45. The Bertz CT molecular complexity index is 1030. The minimum Gasteiger partial charge on any atom is -0.468 e. The van der Waals surface area contributed by atoms with E-state index in [2.05, 4.69) is 24.2 Å². The highest BCUT2D eigenvalue weighted by Crippen LogP contribution is 2.32. The van der Waals surface area contributed by atoms with Gasteiger partial charge in [-0.3, -0.25) is 5.32 Å². The number of anilines is 2. The molecule has 2 rings (SSSR count). The van der Waals surface area contributed by atoms with Crippen molar-refractivity contribution >= 4 is 17.7 Å². The molecule has 0 saturated heterocycles. The van der Waals surface area contributed by atoms with Crippen molar-refractivity contribution in [2.24, 2.45) is 0 Å². The highest BCUT2D eigenvalue weighted by molar-refractivity contribution is 6.01. The zero-order valence-corrected chi connectivity index (χ0v) is 17.3. The molecule has 1 aromatic carbocycles. The van der Waals surface area contributed by atoms with E-state index in [1.807, 2.05) is 0 Å². The Morgan fingerprint density at radius 2 is 1.24 bits per heavy atom. The van der Waals surface area contributed by atoms with E-state index in [-0.39, 0.29) is 0 Å². The van der Waals surface area contributed by atoms with Crippen LogP contribution in [-0.2, 0) is 0 Å². The average molecular weight is 562 g/mol. The molecule has 37 heavy (non-hydrogen) atoms. The van der Waals surface area contributed by atoms with Crippen LogP contribution in [0, 0.1) is 0 Å². The van der Waals surface area contributed by atoms with Crippen LogP contribution in [0.5, 0.6) is 17.5 Å². The lowest BCUT2D eigenvalue weighted by Gasteiger charge is -2.25. The summed E-state index contributed by atoms with van der Waals surface area (Å²) in [4.78, 5) is 17.6. The molecule has 0 fully saturated rings. The van der Waals surface area contributed by atoms with Crippen molar-refractivity contribution in [3.63, 3.8) is 0 Å². The normalized spacial score (nSPS) is 12.6. The lowest BCUT2D eigenvalue weighted by molar-refractivity contribution is -0.274. The van der Waals surface area contributed by atoms with E-state index >= 15 is 0 Å². The Morgan fingerprint density at radius 1 is 0.784 bits per heavy atom. The third kappa shape index (κ3) is 10.3. The zero-order valence-electron chi connectivity index (χ0n) is 17.3. The Balaban J connectivity index is 2.34. The number of halogens is 12. The Hall–Kier alpha value is -3.87. The molecule has 2 amide bonds. The van der Waals surface area contributed by atoms with Crippen LogP contribution < -0.4 is 24.4 Å². The summed E-state index contributed by atoms with van der Waals surface area (Å²) in [7, 11) is 0. The van der Waals surface area contributed by atoms with Gasteiger partial charge in [-0.15, -0.1) is 26.3 Å². The summed E-state index contributed by atoms with van der Waals surface area (Å²) in [6, 6.07) is -0.161. The second kappa shape index (κ2) is 10.6. The van der Waals surface area contributed by atoms with Crippen molar-refractivity contribution in [3.05, 3.63) is 30.3 Å². The van der Waals surface area contributed by atoms with Crippen molar-refractivity contribution in [1.82, 2.24) is 9.97 Å². The first-order valence-electron chi connectivity index (χ1n) is 9.04. The van der Waals surface area contributed by atoms with Gasteiger partial charge in [0.15, 0.2) is 13.2 Å². The van der Waals surface area contributed by atoms with E-state index in [4.69, 9.17) is 0 Å². The number of hydrogen-bond acceptors (Lipinski definition) is 6. The molecule has 0 saturated carbocycles. The fraction of sp³-hybridized carbons (Fsp3) is 0.353. The van der Waals surface area contributed by atoms with E-state index in [1.165, 1.54) is 5.32 Å². The largest absolute Gasteiger partial charge is 0.573 e. The monoisotopic (exact) mass is 562 g/mol.